The summed E-state index contributed by atoms with van der Waals surface area (Å²) in [6.45, 7) is 1.55. The predicted octanol–water partition coefficient (Wildman–Crippen LogP) is 4.86. The number of fused-ring (bicyclic) bond motifs is 1. The maximum atomic E-state index is 13.2. The molecular formula is C22H22F3N3O2. The Morgan fingerprint density at radius 3 is 2.50 bits per heavy atom. The monoisotopic (exact) mass is 417 g/mol. The molecule has 4 rings (SSSR count). The van der Waals surface area contributed by atoms with Crippen LogP contribution >= 0.6 is 0 Å². The zero-order chi connectivity index (χ0) is 21.5. The Morgan fingerprint density at radius 2 is 1.90 bits per heavy atom. The van der Waals surface area contributed by atoms with Gasteiger partial charge in [0, 0.05) is 11.8 Å². The molecule has 30 heavy (non-hydrogen) atoms. The first kappa shape index (κ1) is 20.4. The number of aliphatic hydroxyl groups is 1. The molecule has 1 saturated carbocycles. The average Bonchev–Trinajstić information content (AvgIpc) is 2.97. The van der Waals surface area contributed by atoms with E-state index < -0.39 is 23.2 Å². The van der Waals surface area contributed by atoms with E-state index in [1.807, 2.05) is 6.07 Å². The van der Waals surface area contributed by atoms with Crippen molar-refractivity contribution in [3.63, 3.8) is 0 Å². The Morgan fingerprint density at radius 1 is 1.20 bits per heavy atom. The van der Waals surface area contributed by atoms with Crippen LogP contribution in [0.3, 0.4) is 0 Å². The maximum absolute atomic E-state index is 13.2. The molecular weight excluding hydrogens is 395 g/mol. The number of pyridine rings is 1. The predicted molar refractivity (Wildman–Crippen MR) is 106 cm³/mol. The fourth-order valence-corrected chi connectivity index (χ4v) is 3.82. The lowest BCUT2D eigenvalue weighted by atomic mass is 9.80. The quantitative estimate of drug-likeness (QED) is 0.623. The molecule has 0 unspecified atom stereocenters. The summed E-state index contributed by atoms with van der Waals surface area (Å²) in [6.07, 6.45) is -0.749. The zero-order valence-corrected chi connectivity index (χ0v) is 16.4. The van der Waals surface area contributed by atoms with Gasteiger partial charge in [-0.2, -0.15) is 13.2 Å². The van der Waals surface area contributed by atoms with Gasteiger partial charge in [0.05, 0.1) is 23.1 Å². The van der Waals surface area contributed by atoms with Crippen molar-refractivity contribution in [3.8, 4) is 0 Å². The summed E-state index contributed by atoms with van der Waals surface area (Å²) in [4.78, 5) is 12.7. The lowest BCUT2D eigenvalue weighted by Gasteiger charge is -2.26. The van der Waals surface area contributed by atoms with Gasteiger partial charge in [-0.3, -0.25) is 4.79 Å². The molecule has 0 saturated heterocycles. The third-order valence-electron chi connectivity index (χ3n) is 5.67. The molecule has 5 nitrogen and oxygen atoms in total. The summed E-state index contributed by atoms with van der Waals surface area (Å²) >= 11 is 0. The van der Waals surface area contributed by atoms with Crippen LogP contribution in [-0.2, 0) is 16.6 Å². The second-order valence-electron chi connectivity index (χ2n) is 8.00. The molecule has 158 valence electrons. The van der Waals surface area contributed by atoms with Gasteiger partial charge in [0.1, 0.15) is 0 Å². The standard InChI is InChI=1S/C22H22F3N3O2/c1-21(30,15-8-3-2-4-9-15)13-18(29)26-20-19(14-6-5-7-14)17-12-16(22(23,24)25)10-11-28(17)27-20/h2-4,8-12,14,30H,5-7,13H2,1H3,(H,26,27,29)/t21-/m1/s1. The Balaban J connectivity index is 1.64. The topological polar surface area (TPSA) is 66.6 Å². The van der Waals surface area contributed by atoms with Crippen LogP contribution in [0, 0.1) is 0 Å². The molecule has 0 radical (unpaired) electrons. The number of amides is 1. The van der Waals surface area contributed by atoms with Crippen LogP contribution in [0.1, 0.15) is 55.2 Å². The molecule has 2 heterocycles. The fourth-order valence-electron chi connectivity index (χ4n) is 3.82. The highest BCUT2D eigenvalue weighted by Crippen LogP contribution is 2.43. The van der Waals surface area contributed by atoms with Gasteiger partial charge >= 0.3 is 6.18 Å². The number of benzene rings is 1. The zero-order valence-electron chi connectivity index (χ0n) is 16.4. The lowest BCUT2D eigenvalue weighted by Crippen LogP contribution is -2.29. The number of rotatable bonds is 5. The minimum absolute atomic E-state index is 0.0518. The van der Waals surface area contributed by atoms with Crippen molar-refractivity contribution in [1.29, 1.82) is 0 Å². The van der Waals surface area contributed by atoms with Crippen LogP contribution in [0.2, 0.25) is 0 Å². The third-order valence-corrected chi connectivity index (χ3v) is 5.67. The number of carbonyl (C=O) groups excluding carboxylic acids is 1. The number of hydrogen-bond acceptors (Lipinski definition) is 3. The van der Waals surface area contributed by atoms with Crippen LogP contribution in [-0.4, -0.2) is 20.6 Å². The van der Waals surface area contributed by atoms with Crippen molar-refractivity contribution < 1.29 is 23.1 Å². The van der Waals surface area contributed by atoms with Gasteiger partial charge in [0.25, 0.3) is 0 Å². The average molecular weight is 417 g/mol. The third kappa shape index (κ3) is 3.92. The minimum atomic E-state index is -4.46. The number of anilines is 1. The van der Waals surface area contributed by atoms with Crippen molar-refractivity contribution in [2.24, 2.45) is 0 Å². The van der Waals surface area contributed by atoms with Crippen molar-refractivity contribution in [2.45, 2.75) is 50.3 Å². The van der Waals surface area contributed by atoms with Crippen molar-refractivity contribution in [3.05, 3.63) is 65.4 Å². The van der Waals surface area contributed by atoms with Gasteiger partial charge in [-0.05, 0) is 43.4 Å². The van der Waals surface area contributed by atoms with Crippen LogP contribution < -0.4 is 5.32 Å². The smallest absolute Gasteiger partial charge is 0.385 e. The van der Waals surface area contributed by atoms with Crippen molar-refractivity contribution in [1.82, 2.24) is 9.61 Å². The summed E-state index contributed by atoms with van der Waals surface area (Å²) in [5.41, 5.74) is -0.561. The van der Waals surface area contributed by atoms with E-state index in [0.717, 1.165) is 31.4 Å². The molecule has 1 aromatic carbocycles. The number of nitrogens with zero attached hydrogens (tertiary/aromatic N) is 2. The molecule has 1 fully saturated rings. The summed E-state index contributed by atoms with van der Waals surface area (Å²) in [6, 6.07) is 10.9. The van der Waals surface area contributed by atoms with E-state index in [4.69, 9.17) is 0 Å². The number of alkyl halides is 3. The van der Waals surface area contributed by atoms with Crippen LogP contribution in [0.15, 0.2) is 48.7 Å². The lowest BCUT2D eigenvalue weighted by molar-refractivity contribution is -0.137. The highest BCUT2D eigenvalue weighted by Gasteiger charge is 2.34. The number of nitrogens with one attached hydrogen (secondary N) is 1. The molecule has 1 atom stereocenters. The first-order valence-corrected chi connectivity index (χ1v) is 9.82. The summed E-state index contributed by atoms with van der Waals surface area (Å²) < 4.78 is 40.9. The molecule has 0 spiro atoms. The molecule has 1 aliphatic rings. The largest absolute Gasteiger partial charge is 0.416 e. The van der Waals surface area contributed by atoms with E-state index >= 15 is 0 Å². The van der Waals surface area contributed by atoms with Crippen LogP contribution in [0.5, 0.6) is 0 Å². The number of aromatic nitrogens is 2. The molecule has 0 bridgehead atoms. The molecule has 2 N–H and O–H groups in total. The second kappa shape index (κ2) is 7.43. The first-order valence-electron chi connectivity index (χ1n) is 9.82. The summed E-state index contributed by atoms with van der Waals surface area (Å²) in [5.74, 6) is -0.146. The normalized spacial score (nSPS) is 16.8. The highest BCUT2D eigenvalue weighted by atomic mass is 19.4. The summed E-state index contributed by atoms with van der Waals surface area (Å²) in [5, 5.41) is 17.8. The Bertz CT molecular complexity index is 1070. The minimum Gasteiger partial charge on any atom is -0.385 e. The van der Waals surface area contributed by atoms with E-state index in [1.54, 1.807) is 31.2 Å². The summed E-state index contributed by atoms with van der Waals surface area (Å²) in [7, 11) is 0. The Labute approximate surface area is 171 Å². The van der Waals surface area contributed by atoms with Crippen molar-refractivity contribution >= 4 is 17.2 Å². The van der Waals surface area contributed by atoms with Gasteiger partial charge in [-0.15, -0.1) is 5.10 Å². The molecule has 1 amide bonds. The number of carbonyl (C=O) groups is 1. The van der Waals surface area contributed by atoms with Gasteiger partial charge in [-0.1, -0.05) is 36.8 Å². The van der Waals surface area contributed by atoms with E-state index in [1.165, 1.54) is 10.7 Å². The first-order chi connectivity index (χ1) is 14.1. The van der Waals surface area contributed by atoms with Gasteiger partial charge < -0.3 is 10.4 Å². The van der Waals surface area contributed by atoms with Crippen LogP contribution in [0.4, 0.5) is 19.0 Å². The SMILES string of the molecule is C[C@@](O)(CC(=O)Nc1nn2ccc(C(F)(F)F)cc2c1C1CCC1)c1ccccc1. The molecule has 3 aromatic rings. The Hall–Kier alpha value is -2.87. The molecule has 0 aliphatic heterocycles. The van der Waals surface area contributed by atoms with E-state index in [2.05, 4.69) is 10.4 Å². The second-order valence-corrected chi connectivity index (χ2v) is 8.00. The molecule has 1 aliphatic carbocycles. The van der Waals surface area contributed by atoms with Gasteiger partial charge in [0.15, 0.2) is 5.82 Å². The molecule has 2 aromatic heterocycles. The van der Waals surface area contributed by atoms with E-state index in [0.29, 0.717) is 16.6 Å². The van der Waals surface area contributed by atoms with E-state index in [9.17, 15) is 23.1 Å². The van der Waals surface area contributed by atoms with Crippen LogP contribution in [0.25, 0.3) is 5.52 Å². The van der Waals surface area contributed by atoms with E-state index in [-0.39, 0.29) is 18.2 Å². The van der Waals surface area contributed by atoms with Gasteiger partial charge in [-0.25, -0.2) is 4.52 Å². The highest BCUT2D eigenvalue weighted by molar-refractivity contribution is 5.92. The number of halogens is 3. The Kier molecular flexibility index (Phi) is 5.05. The maximum Gasteiger partial charge on any atom is 0.416 e. The van der Waals surface area contributed by atoms with Crippen molar-refractivity contribution in [2.75, 3.05) is 5.32 Å². The van der Waals surface area contributed by atoms with Gasteiger partial charge in [0.2, 0.25) is 5.91 Å². The number of hydrogen-bond donors (Lipinski definition) is 2. The molecule has 8 heteroatoms. The fraction of sp³-hybridized carbons (Fsp3) is 0.364.